The van der Waals surface area contributed by atoms with Gasteiger partial charge >= 0.3 is 0 Å². The Balaban J connectivity index is 1.31. The van der Waals surface area contributed by atoms with E-state index in [1.807, 2.05) is 48.6 Å². The van der Waals surface area contributed by atoms with Gasteiger partial charge in [-0.3, -0.25) is 14.6 Å². The van der Waals surface area contributed by atoms with Crippen LogP contribution < -0.4 is 15.2 Å². The van der Waals surface area contributed by atoms with Crippen molar-refractivity contribution >= 4 is 23.5 Å². The zero-order valence-electron chi connectivity index (χ0n) is 22.5. The molecule has 1 aliphatic rings. The molecule has 0 saturated carbocycles. The predicted octanol–water partition coefficient (Wildman–Crippen LogP) is 5.58. The molecule has 3 aromatic carbocycles. The monoisotopic (exact) mass is 545 g/mol. The van der Waals surface area contributed by atoms with Gasteiger partial charge in [0.2, 0.25) is 0 Å². The Morgan fingerprint density at radius 3 is 2.18 bits per heavy atom. The minimum absolute atomic E-state index is 0.00483. The second-order valence-corrected chi connectivity index (χ2v) is 9.94. The van der Waals surface area contributed by atoms with Gasteiger partial charge in [0.1, 0.15) is 0 Å². The van der Waals surface area contributed by atoms with Crippen molar-refractivity contribution in [3.8, 4) is 11.5 Å². The van der Waals surface area contributed by atoms with E-state index in [9.17, 15) is 4.79 Å². The van der Waals surface area contributed by atoms with E-state index in [-0.39, 0.29) is 24.4 Å². The number of ketones is 1. The van der Waals surface area contributed by atoms with Crippen molar-refractivity contribution in [1.29, 1.82) is 0 Å². The summed E-state index contributed by atoms with van der Waals surface area (Å²) in [5.74, 6) is 1.34. The molecule has 2 N–H and O–H groups in total. The largest absolute Gasteiger partial charge is 0.493 e. The molecule has 2 unspecified atom stereocenters. The maximum Gasteiger partial charge on any atom is 0.161 e. The molecule has 0 aliphatic carbocycles. The zero-order valence-corrected chi connectivity index (χ0v) is 23.3. The second kappa shape index (κ2) is 14.1. The summed E-state index contributed by atoms with van der Waals surface area (Å²) in [5.41, 5.74) is 9.87. The molecule has 6 nitrogen and oxygen atoms in total. The Labute approximate surface area is 236 Å². The average molecular weight is 546 g/mol. The van der Waals surface area contributed by atoms with Gasteiger partial charge in [-0.2, -0.15) is 0 Å². The van der Waals surface area contributed by atoms with E-state index in [1.54, 1.807) is 26.4 Å². The minimum Gasteiger partial charge on any atom is -0.493 e. The van der Waals surface area contributed by atoms with Gasteiger partial charge in [0.05, 0.1) is 26.4 Å². The lowest BCUT2D eigenvalue weighted by atomic mass is 9.96. The van der Waals surface area contributed by atoms with Crippen molar-refractivity contribution < 1.29 is 14.3 Å². The van der Waals surface area contributed by atoms with Gasteiger partial charge in [-0.25, -0.2) is 0 Å². The molecule has 0 aromatic heterocycles. The van der Waals surface area contributed by atoms with Gasteiger partial charge in [-0.05, 0) is 47.0 Å². The number of hydrogen-bond acceptors (Lipinski definition) is 6. The maximum atomic E-state index is 12.6. The summed E-state index contributed by atoms with van der Waals surface area (Å²) >= 11 is 6.15. The third-order valence-corrected chi connectivity index (χ3v) is 7.24. The normalized spacial score (nSPS) is 16.4. The number of carbonyl (C=O) groups is 1. The van der Waals surface area contributed by atoms with Gasteiger partial charge in [-0.15, -0.1) is 0 Å². The van der Waals surface area contributed by atoms with Gasteiger partial charge < -0.3 is 15.2 Å². The molecule has 0 radical (unpaired) electrons. The molecule has 1 saturated heterocycles. The lowest BCUT2D eigenvalue weighted by molar-refractivity contribution is -0.116. The Bertz CT molecular complexity index is 1270. The first-order chi connectivity index (χ1) is 19.0. The van der Waals surface area contributed by atoms with E-state index >= 15 is 0 Å². The molecule has 3 aromatic rings. The van der Waals surface area contributed by atoms with Crippen LogP contribution in [-0.2, 0) is 4.79 Å². The van der Waals surface area contributed by atoms with E-state index in [0.717, 1.165) is 36.8 Å². The topological polar surface area (TPSA) is 68.0 Å². The molecular formula is C32H36ClN3O3. The Morgan fingerprint density at radius 1 is 0.872 bits per heavy atom. The summed E-state index contributed by atoms with van der Waals surface area (Å²) in [6, 6.07) is 24.4. The second-order valence-electron chi connectivity index (χ2n) is 9.51. The van der Waals surface area contributed by atoms with Crippen molar-refractivity contribution in [3.63, 3.8) is 0 Å². The van der Waals surface area contributed by atoms with E-state index in [4.69, 9.17) is 26.8 Å². The van der Waals surface area contributed by atoms with Crippen LogP contribution in [0.25, 0.3) is 6.08 Å². The lowest BCUT2D eigenvalue weighted by Crippen LogP contribution is -2.54. The fraction of sp³-hybridized carbons (Fsp3) is 0.281. The molecule has 39 heavy (non-hydrogen) atoms. The quantitative estimate of drug-likeness (QED) is 0.251. The van der Waals surface area contributed by atoms with Crippen molar-refractivity contribution in [2.24, 2.45) is 5.73 Å². The van der Waals surface area contributed by atoms with Crippen LogP contribution in [0.1, 0.15) is 29.2 Å². The highest BCUT2D eigenvalue weighted by Gasteiger charge is 2.28. The zero-order chi connectivity index (χ0) is 27.6. The van der Waals surface area contributed by atoms with E-state index < -0.39 is 0 Å². The highest BCUT2D eigenvalue weighted by Crippen LogP contribution is 2.31. The average Bonchev–Trinajstić information content (AvgIpc) is 2.97. The number of nitrogens with two attached hydrogens (primary N) is 1. The summed E-state index contributed by atoms with van der Waals surface area (Å²) in [6.45, 7) is 3.31. The van der Waals surface area contributed by atoms with E-state index in [2.05, 4.69) is 46.2 Å². The third kappa shape index (κ3) is 7.80. The Kier molecular flexibility index (Phi) is 10.3. The highest BCUT2D eigenvalue weighted by atomic mass is 35.5. The van der Waals surface area contributed by atoms with Crippen LogP contribution in [0.5, 0.6) is 11.5 Å². The van der Waals surface area contributed by atoms with Gasteiger partial charge in [0.15, 0.2) is 17.3 Å². The number of allylic oxidation sites excluding steroid dienone is 3. The number of nitrogens with zero attached hydrogens (tertiary/aromatic N) is 2. The summed E-state index contributed by atoms with van der Waals surface area (Å²) in [6.07, 6.45) is 7.04. The van der Waals surface area contributed by atoms with Crippen molar-refractivity contribution in [2.75, 3.05) is 40.4 Å². The number of hydrogen-bond donors (Lipinski definition) is 1. The van der Waals surface area contributed by atoms with Crippen LogP contribution in [0.4, 0.5) is 0 Å². The first-order valence-corrected chi connectivity index (χ1v) is 13.5. The number of benzene rings is 3. The molecule has 1 heterocycles. The molecule has 2 atom stereocenters. The van der Waals surface area contributed by atoms with Gasteiger partial charge in [0, 0.05) is 37.6 Å². The molecule has 204 valence electrons. The molecule has 1 fully saturated rings. The van der Waals surface area contributed by atoms with Crippen LogP contribution in [0.15, 0.2) is 91.0 Å². The van der Waals surface area contributed by atoms with Crippen LogP contribution in [0.2, 0.25) is 5.02 Å². The molecule has 4 rings (SSSR count). The summed E-state index contributed by atoms with van der Waals surface area (Å²) < 4.78 is 10.6. The molecule has 0 spiro atoms. The number of piperazine rings is 1. The number of halogens is 1. The van der Waals surface area contributed by atoms with Crippen LogP contribution in [0, 0.1) is 0 Å². The summed E-state index contributed by atoms with van der Waals surface area (Å²) in [5, 5.41) is 0.733. The third-order valence-electron chi connectivity index (χ3n) is 6.98. The minimum atomic E-state index is -0.315. The van der Waals surface area contributed by atoms with Crippen LogP contribution >= 0.6 is 11.6 Å². The molecule has 0 amide bonds. The first kappa shape index (κ1) is 28.6. The SMILES string of the molecule is COc1ccc(C=CC=CC(=O)CC(N)N2CCN(C(c3ccccc3)c3ccc(Cl)cc3)CC2)cc1OC. The fourth-order valence-corrected chi connectivity index (χ4v) is 5.04. The van der Waals surface area contributed by atoms with Gasteiger partial charge in [0.25, 0.3) is 0 Å². The Hall–Kier alpha value is -3.42. The smallest absolute Gasteiger partial charge is 0.161 e. The number of methoxy groups -OCH3 is 2. The molecule has 1 aliphatic heterocycles. The van der Waals surface area contributed by atoms with E-state index in [0.29, 0.717) is 11.5 Å². The van der Waals surface area contributed by atoms with Crippen molar-refractivity contribution in [1.82, 2.24) is 9.80 Å². The van der Waals surface area contributed by atoms with Crippen molar-refractivity contribution in [3.05, 3.63) is 113 Å². The highest BCUT2D eigenvalue weighted by molar-refractivity contribution is 6.30. The number of ether oxygens (including phenoxy) is 2. The molecular weight excluding hydrogens is 510 g/mol. The van der Waals surface area contributed by atoms with Crippen LogP contribution in [-0.4, -0.2) is 62.1 Å². The summed E-state index contributed by atoms with van der Waals surface area (Å²) in [7, 11) is 3.21. The fourth-order valence-electron chi connectivity index (χ4n) is 4.91. The molecule has 7 heteroatoms. The maximum absolute atomic E-state index is 12.6. The summed E-state index contributed by atoms with van der Waals surface area (Å²) in [4.78, 5) is 17.3. The Morgan fingerprint density at radius 2 is 1.51 bits per heavy atom. The lowest BCUT2D eigenvalue weighted by Gasteiger charge is -2.41. The van der Waals surface area contributed by atoms with Crippen molar-refractivity contribution in [2.45, 2.75) is 18.6 Å². The van der Waals surface area contributed by atoms with Crippen LogP contribution in [0.3, 0.4) is 0 Å². The molecule has 0 bridgehead atoms. The number of rotatable bonds is 11. The van der Waals surface area contributed by atoms with E-state index in [1.165, 1.54) is 11.1 Å². The standard InChI is InChI=1S/C32H36ClN3O3/c1-38-29-17-12-24(22-30(29)39-2)8-6-7-11-28(37)23-31(34)35-18-20-36(21-19-35)32(25-9-4-3-5-10-25)26-13-15-27(33)16-14-26/h3-17,22,31-32H,18-21,23,34H2,1-2H3. The number of carbonyl (C=O) groups excluding carboxylic acids is 1. The van der Waals surface area contributed by atoms with Gasteiger partial charge in [-0.1, -0.05) is 78.4 Å². The predicted molar refractivity (Wildman–Crippen MR) is 158 cm³/mol. The first-order valence-electron chi connectivity index (χ1n) is 13.1.